The predicted molar refractivity (Wildman–Crippen MR) is 104 cm³/mol. The Labute approximate surface area is 160 Å². The highest BCUT2D eigenvalue weighted by atomic mass is 32.1. The molecule has 3 rings (SSSR count). The van der Waals surface area contributed by atoms with Crippen LogP contribution in [0.2, 0.25) is 0 Å². The quantitative estimate of drug-likeness (QED) is 0.630. The molecular formula is C20H20N2O4S. The summed E-state index contributed by atoms with van der Waals surface area (Å²) in [6.45, 7) is 4.75. The number of hydrogen-bond donors (Lipinski definition) is 0. The van der Waals surface area contributed by atoms with E-state index in [1.54, 1.807) is 50.4 Å². The number of amides is 1. The van der Waals surface area contributed by atoms with E-state index in [4.69, 9.17) is 9.47 Å². The highest BCUT2D eigenvalue weighted by molar-refractivity contribution is 7.16. The van der Waals surface area contributed by atoms with E-state index in [1.165, 1.54) is 11.3 Å². The highest BCUT2D eigenvalue weighted by Crippen LogP contribution is 2.20. The van der Waals surface area contributed by atoms with Crippen molar-refractivity contribution in [2.75, 3.05) is 13.7 Å². The van der Waals surface area contributed by atoms with E-state index in [1.807, 2.05) is 17.6 Å². The number of aromatic nitrogens is 1. The van der Waals surface area contributed by atoms with Crippen LogP contribution in [0.25, 0.3) is 10.2 Å². The van der Waals surface area contributed by atoms with Gasteiger partial charge >= 0.3 is 5.97 Å². The molecule has 0 saturated carbocycles. The first-order chi connectivity index (χ1) is 13.1. The van der Waals surface area contributed by atoms with Crippen LogP contribution in [0.15, 0.2) is 47.5 Å². The van der Waals surface area contributed by atoms with Crippen molar-refractivity contribution in [2.45, 2.75) is 20.4 Å². The van der Waals surface area contributed by atoms with E-state index in [-0.39, 0.29) is 11.9 Å². The van der Waals surface area contributed by atoms with Crippen LogP contribution in [-0.2, 0) is 11.3 Å². The lowest BCUT2D eigenvalue weighted by Crippen LogP contribution is -2.15. The van der Waals surface area contributed by atoms with Gasteiger partial charge in [0.2, 0.25) is 0 Å². The third kappa shape index (κ3) is 3.93. The van der Waals surface area contributed by atoms with Crippen LogP contribution in [-0.4, -0.2) is 30.2 Å². The van der Waals surface area contributed by atoms with Crippen LogP contribution in [0.1, 0.15) is 34.6 Å². The molecular weight excluding hydrogens is 364 g/mol. The topological polar surface area (TPSA) is 69.9 Å². The molecule has 1 aromatic heterocycles. The highest BCUT2D eigenvalue weighted by Gasteiger charge is 2.12. The Balaban J connectivity index is 2.02. The SMILES string of the molecule is CCOC(=O)c1ccc2c(c1)sc(=NC(=O)c1ccc(OC)cc1)n2CC. The molecule has 7 heteroatoms. The number of rotatable bonds is 5. The van der Waals surface area contributed by atoms with Gasteiger partial charge in [-0.15, -0.1) is 0 Å². The van der Waals surface area contributed by atoms with Gasteiger partial charge in [-0.1, -0.05) is 11.3 Å². The molecule has 0 N–H and O–H groups in total. The molecule has 6 nitrogen and oxygen atoms in total. The fraction of sp³-hybridized carbons (Fsp3) is 0.250. The van der Waals surface area contributed by atoms with E-state index in [0.29, 0.717) is 34.8 Å². The number of aryl methyl sites for hydroxylation is 1. The van der Waals surface area contributed by atoms with Crippen molar-refractivity contribution in [2.24, 2.45) is 4.99 Å². The average Bonchev–Trinajstić information content (AvgIpc) is 3.04. The Morgan fingerprint density at radius 3 is 2.41 bits per heavy atom. The van der Waals surface area contributed by atoms with Crippen molar-refractivity contribution in [3.05, 3.63) is 58.4 Å². The van der Waals surface area contributed by atoms with Gasteiger partial charge in [-0.05, 0) is 56.3 Å². The zero-order chi connectivity index (χ0) is 19.4. The largest absolute Gasteiger partial charge is 0.497 e. The molecule has 0 saturated heterocycles. The smallest absolute Gasteiger partial charge is 0.338 e. The maximum Gasteiger partial charge on any atom is 0.338 e. The Morgan fingerprint density at radius 2 is 1.78 bits per heavy atom. The number of ether oxygens (including phenoxy) is 2. The van der Waals surface area contributed by atoms with Crippen molar-refractivity contribution in [1.29, 1.82) is 0 Å². The average molecular weight is 384 g/mol. The molecule has 0 radical (unpaired) electrons. The first kappa shape index (κ1) is 18.8. The number of carbonyl (C=O) groups is 2. The summed E-state index contributed by atoms with van der Waals surface area (Å²) in [5.74, 6) is 0.00389. The summed E-state index contributed by atoms with van der Waals surface area (Å²) >= 11 is 1.37. The fourth-order valence-electron chi connectivity index (χ4n) is 2.69. The summed E-state index contributed by atoms with van der Waals surface area (Å²) in [5, 5.41) is 0. The lowest BCUT2D eigenvalue weighted by Gasteiger charge is -2.03. The van der Waals surface area contributed by atoms with Crippen molar-refractivity contribution in [1.82, 2.24) is 4.57 Å². The van der Waals surface area contributed by atoms with Crippen LogP contribution >= 0.6 is 11.3 Å². The van der Waals surface area contributed by atoms with Crippen molar-refractivity contribution in [3.63, 3.8) is 0 Å². The number of thiazole rings is 1. The van der Waals surface area contributed by atoms with E-state index in [9.17, 15) is 9.59 Å². The monoisotopic (exact) mass is 384 g/mol. The molecule has 27 heavy (non-hydrogen) atoms. The molecule has 0 spiro atoms. The Kier molecular flexibility index (Phi) is 5.71. The Morgan fingerprint density at radius 1 is 1.07 bits per heavy atom. The van der Waals surface area contributed by atoms with E-state index in [2.05, 4.69) is 4.99 Å². The summed E-state index contributed by atoms with van der Waals surface area (Å²) in [6.07, 6.45) is 0. The van der Waals surface area contributed by atoms with Gasteiger partial charge in [0.25, 0.3) is 5.91 Å². The molecule has 140 valence electrons. The first-order valence-electron chi connectivity index (χ1n) is 8.61. The molecule has 0 aliphatic heterocycles. The van der Waals surface area contributed by atoms with Crippen molar-refractivity contribution in [3.8, 4) is 5.75 Å². The van der Waals surface area contributed by atoms with Gasteiger partial charge in [-0.25, -0.2) is 4.79 Å². The predicted octanol–water partition coefficient (Wildman–Crippen LogP) is 3.65. The molecule has 0 unspecified atom stereocenters. The third-order valence-electron chi connectivity index (χ3n) is 4.04. The molecule has 0 aliphatic rings. The van der Waals surface area contributed by atoms with Crippen LogP contribution in [0.4, 0.5) is 0 Å². The summed E-state index contributed by atoms with van der Waals surface area (Å²) in [5.41, 5.74) is 1.90. The van der Waals surface area contributed by atoms with Crippen LogP contribution < -0.4 is 9.54 Å². The maximum atomic E-state index is 12.5. The minimum atomic E-state index is -0.358. The van der Waals surface area contributed by atoms with E-state index >= 15 is 0 Å². The summed E-state index contributed by atoms with van der Waals surface area (Å²) in [7, 11) is 1.58. The zero-order valence-corrected chi connectivity index (χ0v) is 16.2. The van der Waals surface area contributed by atoms with Crippen LogP contribution in [0, 0.1) is 0 Å². The van der Waals surface area contributed by atoms with Gasteiger partial charge in [-0.3, -0.25) is 4.79 Å². The second kappa shape index (κ2) is 8.18. The molecule has 0 atom stereocenters. The minimum Gasteiger partial charge on any atom is -0.497 e. The van der Waals surface area contributed by atoms with Crippen molar-refractivity contribution >= 4 is 33.4 Å². The van der Waals surface area contributed by atoms with Gasteiger partial charge in [0.15, 0.2) is 4.80 Å². The minimum absolute atomic E-state index is 0.322. The summed E-state index contributed by atoms with van der Waals surface area (Å²) in [4.78, 5) is 29.4. The lowest BCUT2D eigenvalue weighted by molar-refractivity contribution is 0.0526. The second-order valence-corrected chi connectivity index (χ2v) is 6.69. The maximum absolute atomic E-state index is 12.5. The number of fused-ring (bicyclic) bond motifs is 1. The number of benzene rings is 2. The number of hydrogen-bond acceptors (Lipinski definition) is 5. The van der Waals surface area contributed by atoms with Crippen LogP contribution in [0.3, 0.4) is 0 Å². The lowest BCUT2D eigenvalue weighted by atomic mass is 10.2. The number of nitrogens with zero attached hydrogens (tertiary/aromatic N) is 2. The standard InChI is InChI=1S/C20H20N2O4S/c1-4-22-16-11-8-14(19(24)26-5-2)12-17(16)27-20(22)21-18(23)13-6-9-15(25-3)10-7-13/h6-12H,4-5H2,1-3H3. The summed E-state index contributed by atoms with van der Waals surface area (Å²) < 4.78 is 13.0. The molecule has 0 aliphatic carbocycles. The van der Waals surface area contributed by atoms with Gasteiger partial charge in [0.05, 0.1) is 29.5 Å². The third-order valence-corrected chi connectivity index (χ3v) is 5.09. The van der Waals surface area contributed by atoms with Gasteiger partial charge in [0.1, 0.15) is 5.75 Å². The molecule has 0 fully saturated rings. The van der Waals surface area contributed by atoms with E-state index in [0.717, 1.165) is 10.2 Å². The Bertz CT molecular complexity index is 1050. The normalized spacial score (nSPS) is 11.6. The number of carbonyl (C=O) groups excluding carboxylic acids is 2. The van der Waals surface area contributed by atoms with Gasteiger partial charge in [0, 0.05) is 12.1 Å². The van der Waals surface area contributed by atoms with E-state index < -0.39 is 0 Å². The van der Waals surface area contributed by atoms with Gasteiger partial charge in [-0.2, -0.15) is 4.99 Å². The molecule has 2 aromatic carbocycles. The molecule has 3 aromatic rings. The number of esters is 1. The summed E-state index contributed by atoms with van der Waals surface area (Å²) in [6, 6.07) is 12.2. The fourth-order valence-corrected chi connectivity index (χ4v) is 3.82. The second-order valence-electron chi connectivity index (χ2n) is 5.68. The van der Waals surface area contributed by atoms with Crippen LogP contribution in [0.5, 0.6) is 5.75 Å². The number of methoxy groups -OCH3 is 1. The molecule has 0 bridgehead atoms. The molecule has 1 amide bonds. The molecule has 1 heterocycles. The van der Waals surface area contributed by atoms with Crippen molar-refractivity contribution < 1.29 is 19.1 Å². The first-order valence-corrected chi connectivity index (χ1v) is 9.42. The zero-order valence-electron chi connectivity index (χ0n) is 15.4. The van der Waals surface area contributed by atoms with Gasteiger partial charge < -0.3 is 14.0 Å². The Hall–Kier alpha value is -2.93.